The zero-order valence-corrected chi connectivity index (χ0v) is 11.1. The second-order valence-corrected chi connectivity index (χ2v) is 4.74. The monoisotopic (exact) mass is 268 g/mol. The van der Waals surface area contributed by atoms with E-state index in [2.05, 4.69) is 27.6 Å². The molecule has 2 heterocycles. The molecule has 1 aromatic heterocycles. The van der Waals surface area contributed by atoms with Gasteiger partial charge in [0.15, 0.2) is 5.69 Å². The van der Waals surface area contributed by atoms with Crippen molar-refractivity contribution >= 4 is 5.91 Å². The van der Waals surface area contributed by atoms with Gasteiger partial charge in [0.05, 0.1) is 6.04 Å². The van der Waals surface area contributed by atoms with Crippen molar-refractivity contribution in [1.29, 1.82) is 0 Å². The van der Waals surface area contributed by atoms with E-state index < -0.39 is 0 Å². The Morgan fingerprint density at radius 3 is 2.80 bits per heavy atom. The molecular weight excluding hydrogens is 252 g/mol. The molecule has 1 aromatic carbocycles. The summed E-state index contributed by atoms with van der Waals surface area (Å²) in [6.07, 6.45) is 1.57. The first-order chi connectivity index (χ1) is 9.86. The van der Waals surface area contributed by atoms with E-state index in [-0.39, 0.29) is 11.9 Å². The smallest absolute Gasteiger partial charge is 0.274 e. The van der Waals surface area contributed by atoms with E-state index in [4.69, 9.17) is 0 Å². The van der Waals surface area contributed by atoms with Gasteiger partial charge in [-0.3, -0.25) is 4.79 Å². The van der Waals surface area contributed by atoms with Crippen LogP contribution < -0.4 is 5.32 Å². The number of nitrogens with one attached hydrogen (secondary N) is 1. The maximum atomic E-state index is 12.6. The molecule has 0 radical (unpaired) electrons. The summed E-state index contributed by atoms with van der Waals surface area (Å²) in [5.74, 6) is -0.0616. The molecule has 1 unspecified atom stereocenters. The first-order valence-electron chi connectivity index (χ1n) is 6.70. The lowest BCUT2D eigenvalue weighted by Gasteiger charge is -2.36. The third-order valence-electron chi connectivity index (χ3n) is 3.48. The first kappa shape index (κ1) is 12.7. The second kappa shape index (κ2) is 5.79. The van der Waals surface area contributed by atoms with Crippen LogP contribution in [0.3, 0.4) is 0 Å². The second-order valence-electron chi connectivity index (χ2n) is 4.74. The van der Waals surface area contributed by atoms with E-state index in [1.54, 1.807) is 18.3 Å². The van der Waals surface area contributed by atoms with Gasteiger partial charge in [-0.15, -0.1) is 5.10 Å². The Morgan fingerprint density at radius 2 is 2.05 bits per heavy atom. The third kappa shape index (κ3) is 2.53. The van der Waals surface area contributed by atoms with Gasteiger partial charge in [-0.2, -0.15) is 5.10 Å². The molecule has 5 heteroatoms. The van der Waals surface area contributed by atoms with Crippen LogP contribution in [0.2, 0.25) is 0 Å². The predicted molar refractivity (Wildman–Crippen MR) is 75.1 cm³/mol. The van der Waals surface area contributed by atoms with Gasteiger partial charge in [0.1, 0.15) is 0 Å². The lowest BCUT2D eigenvalue weighted by atomic mass is 10.0. The van der Waals surface area contributed by atoms with Gasteiger partial charge in [0.2, 0.25) is 0 Å². The molecule has 20 heavy (non-hydrogen) atoms. The summed E-state index contributed by atoms with van der Waals surface area (Å²) in [6.45, 7) is 2.24. The lowest BCUT2D eigenvalue weighted by molar-refractivity contribution is 0.0627. The van der Waals surface area contributed by atoms with Crippen LogP contribution in [0.5, 0.6) is 0 Å². The Labute approximate surface area is 117 Å². The minimum atomic E-state index is -0.0616. The zero-order chi connectivity index (χ0) is 13.8. The highest BCUT2D eigenvalue weighted by Crippen LogP contribution is 2.23. The highest BCUT2D eigenvalue weighted by Gasteiger charge is 2.29. The molecule has 1 fully saturated rings. The maximum Gasteiger partial charge on any atom is 0.274 e. The van der Waals surface area contributed by atoms with Gasteiger partial charge in [0, 0.05) is 25.8 Å². The van der Waals surface area contributed by atoms with Crippen molar-refractivity contribution < 1.29 is 4.79 Å². The van der Waals surface area contributed by atoms with Crippen LogP contribution in [-0.2, 0) is 0 Å². The van der Waals surface area contributed by atoms with Gasteiger partial charge in [0.25, 0.3) is 5.91 Å². The predicted octanol–water partition coefficient (Wildman–Crippen LogP) is 1.26. The van der Waals surface area contributed by atoms with Gasteiger partial charge < -0.3 is 10.2 Å². The molecular formula is C15H16N4O. The molecule has 1 N–H and O–H groups in total. The van der Waals surface area contributed by atoms with Gasteiger partial charge in [-0.25, -0.2) is 0 Å². The number of hydrogen-bond acceptors (Lipinski definition) is 4. The maximum absolute atomic E-state index is 12.6. The van der Waals surface area contributed by atoms with Crippen molar-refractivity contribution in [2.75, 3.05) is 19.6 Å². The van der Waals surface area contributed by atoms with Crippen molar-refractivity contribution in [3.8, 4) is 0 Å². The molecule has 0 bridgehead atoms. The molecule has 1 atom stereocenters. The standard InChI is InChI=1S/C15H16N4O/c20-15(13-7-4-8-17-18-13)19-10-9-16-11-14(19)12-5-2-1-3-6-12/h1-8,14,16H,9-11H2. The fourth-order valence-electron chi connectivity index (χ4n) is 2.48. The van der Waals surface area contributed by atoms with Crippen LogP contribution in [0.15, 0.2) is 48.7 Å². The summed E-state index contributed by atoms with van der Waals surface area (Å²) in [7, 11) is 0. The zero-order valence-electron chi connectivity index (χ0n) is 11.1. The normalized spacial score (nSPS) is 18.8. The quantitative estimate of drug-likeness (QED) is 0.891. The third-order valence-corrected chi connectivity index (χ3v) is 3.48. The number of nitrogens with zero attached hydrogens (tertiary/aromatic N) is 3. The van der Waals surface area contributed by atoms with Gasteiger partial charge in [-0.05, 0) is 17.7 Å². The SMILES string of the molecule is O=C(c1cccnn1)N1CCNCC1c1ccccc1. The minimum absolute atomic E-state index is 0.0412. The summed E-state index contributed by atoms with van der Waals surface area (Å²) in [5, 5.41) is 11.0. The molecule has 0 aliphatic carbocycles. The van der Waals surface area contributed by atoms with Crippen molar-refractivity contribution in [3.63, 3.8) is 0 Å². The van der Waals surface area contributed by atoms with Gasteiger partial charge >= 0.3 is 0 Å². The summed E-state index contributed by atoms with van der Waals surface area (Å²) >= 11 is 0. The van der Waals surface area contributed by atoms with Crippen molar-refractivity contribution in [2.24, 2.45) is 0 Å². The number of hydrogen-bond donors (Lipinski definition) is 1. The number of aromatic nitrogens is 2. The van der Waals surface area contributed by atoms with E-state index >= 15 is 0 Å². The molecule has 1 saturated heterocycles. The van der Waals surface area contributed by atoms with Crippen LogP contribution in [0, 0.1) is 0 Å². The Kier molecular flexibility index (Phi) is 3.69. The molecule has 102 valence electrons. The fraction of sp³-hybridized carbons (Fsp3) is 0.267. The van der Waals surface area contributed by atoms with Crippen molar-refractivity contribution in [3.05, 3.63) is 59.9 Å². The van der Waals surface area contributed by atoms with Crippen LogP contribution in [0.1, 0.15) is 22.1 Å². The molecule has 1 aliphatic rings. The number of benzene rings is 1. The number of carbonyl (C=O) groups is 1. The molecule has 0 saturated carbocycles. The first-order valence-corrected chi connectivity index (χ1v) is 6.70. The summed E-state index contributed by atoms with van der Waals surface area (Å²) in [4.78, 5) is 14.4. The summed E-state index contributed by atoms with van der Waals surface area (Å²) < 4.78 is 0. The number of rotatable bonds is 2. The molecule has 2 aromatic rings. The van der Waals surface area contributed by atoms with Gasteiger partial charge in [-0.1, -0.05) is 30.3 Å². The van der Waals surface area contributed by atoms with E-state index in [0.29, 0.717) is 12.2 Å². The highest BCUT2D eigenvalue weighted by molar-refractivity contribution is 5.92. The van der Waals surface area contributed by atoms with E-state index in [1.807, 2.05) is 23.1 Å². The fourth-order valence-corrected chi connectivity index (χ4v) is 2.48. The minimum Gasteiger partial charge on any atom is -0.328 e. The highest BCUT2D eigenvalue weighted by atomic mass is 16.2. The Balaban J connectivity index is 1.88. The lowest BCUT2D eigenvalue weighted by Crippen LogP contribution is -2.48. The Morgan fingerprint density at radius 1 is 1.20 bits per heavy atom. The molecule has 3 rings (SSSR count). The summed E-state index contributed by atoms with van der Waals surface area (Å²) in [6, 6.07) is 13.6. The number of piperazine rings is 1. The topological polar surface area (TPSA) is 58.1 Å². The number of amides is 1. The Bertz CT molecular complexity index is 573. The molecule has 1 aliphatic heterocycles. The van der Waals surface area contributed by atoms with Crippen molar-refractivity contribution in [2.45, 2.75) is 6.04 Å². The van der Waals surface area contributed by atoms with Crippen LogP contribution >= 0.6 is 0 Å². The average Bonchev–Trinajstić information content (AvgIpc) is 2.56. The van der Waals surface area contributed by atoms with E-state index in [0.717, 1.165) is 18.7 Å². The largest absolute Gasteiger partial charge is 0.328 e. The van der Waals surface area contributed by atoms with Crippen LogP contribution in [-0.4, -0.2) is 40.6 Å². The van der Waals surface area contributed by atoms with Crippen LogP contribution in [0.4, 0.5) is 0 Å². The van der Waals surface area contributed by atoms with E-state index in [1.165, 1.54) is 0 Å². The molecule has 0 spiro atoms. The number of carbonyl (C=O) groups excluding carboxylic acids is 1. The van der Waals surface area contributed by atoms with E-state index in [9.17, 15) is 4.79 Å². The molecule has 1 amide bonds. The van der Waals surface area contributed by atoms with Crippen molar-refractivity contribution in [1.82, 2.24) is 20.4 Å². The average molecular weight is 268 g/mol. The Hall–Kier alpha value is -2.27. The molecule has 5 nitrogen and oxygen atoms in total. The van der Waals surface area contributed by atoms with Crippen LogP contribution in [0.25, 0.3) is 0 Å². The summed E-state index contributed by atoms with van der Waals surface area (Å²) in [5.41, 5.74) is 1.53.